The van der Waals surface area contributed by atoms with Crippen LogP contribution < -0.4 is 4.90 Å². The number of nitrogens with zero attached hydrogens (tertiary/aromatic N) is 3. The first-order chi connectivity index (χ1) is 6.49. The van der Waals surface area contributed by atoms with Crippen LogP contribution in [0.4, 0.5) is 5.82 Å². The van der Waals surface area contributed by atoms with Gasteiger partial charge >= 0.3 is 0 Å². The fourth-order valence-electron chi connectivity index (χ4n) is 0.895. The molecule has 6 heteroatoms. The van der Waals surface area contributed by atoms with E-state index in [1.807, 2.05) is 14.1 Å². The largest absolute Gasteiger partial charge is 0.363 e. The molecule has 0 aliphatic carbocycles. The summed E-state index contributed by atoms with van der Waals surface area (Å²) < 4.78 is 0. The van der Waals surface area contributed by atoms with Crippen LogP contribution in [-0.2, 0) is 11.2 Å². The summed E-state index contributed by atoms with van der Waals surface area (Å²) in [4.78, 5) is 20.6. The van der Waals surface area contributed by atoms with Gasteiger partial charge in [-0.2, -0.15) is 0 Å². The molecule has 0 amide bonds. The Hall–Kier alpha value is -0.810. The number of carbonyl (C=O) groups excluding carboxylic acids is 1. The van der Waals surface area contributed by atoms with Crippen LogP contribution in [0.3, 0.4) is 0 Å². The van der Waals surface area contributed by atoms with E-state index in [1.54, 1.807) is 11.0 Å². The minimum atomic E-state index is -0.281. The minimum Gasteiger partial charge on any atom is -0.363 e. The Kier molecular flexibility index (Phi) is 3.71. The van der Waals surface area contributed by atoms with Crippen LogP contribution in [0, 0.1) is 0 Å². The molecule has 1 rings (SSSR count). The second-order valence-electron chi connectivity index (χ2n) is 2.93. The van der Waals surface area contributed by atoms with Gasteiger partial charge in [-0.05, 0) is 0 Å². The maximum atomic E-state index is 10.7. The molecule has 0 aliphatic rings. The van der Waals surface area contributed by atoms with Gasteiger partial charge in [0.25, 0.3) is 0 Å². The van der Waals surface area contributed by atoms with Gasteiger partial charge in [0.05, 0.1) is 6.42 Å². The molecule has 0 spiro atoms. The third-order valence-corrected chi connectivity index (χ3v) is 1.85. The number of anilines is 1. The molecule has 0 N–H and O–H groups in total. The lowest BCUT2D eigenvalue weighted by Gasteiger charge is -2.11. The topological polar surface area (TPSA) is 46.1 Å². The summed E-state index contributed by atoms with van der Waals surface area (Å²) in [5.74, 6) is 1.07. The summed E-state index contributed by atoms with van der Waals surface area (Å²) in [6, 6.07) is 1.63. The average Bonchev–Trinajstić information content (AvgIpc) is 2.01. The monoisotopic (exact) mass is 231 g/mol. The number of carbonyl (C=O) groups is 1. The minimum absolute atomic E-state index is 0.0878. The van der Waals surface area contributed by atoms with Crippen LogP contribution in [0.15, 0.2) is 6.07 Å². The first kappa shape index (κ1) is 11.3. The molecular formula is C8H10ClN3OS. The third kappa shape index (κ3) is 3.16. The van der Waals surface area contributed by atoms with Gasteiger partial charge in [-0.3, -0.25) is 4.79 Å². The molecular weight excluding hydrogens is 222 g/mol. The van der Waals surface area contributed by atoms with E-state index >= 15 is 0 Å². The molecule has 0 aromatic carbocycles. The number of hydrogen-bond acceptors (Lipinski definition) is 4. The highest BCUT2D eigenvalue weighted by Gasteiger charge is 2.07. The molecule has 0 aliphatic heterocycles. The number of hydrogen-bond donors (Lipinski definition) is 1. The maximum absolute atomic E-state index is 10.7. The van der Waals surface area contributed by atoms with E-state index in [4.69, 9.17) is 11.6 Å². The van der Waals surface area contributed by atoms with Crippen molar-refractivity contribution in [2.75, 3.05) is 19.0 Å². The van der Waals surface area contributed by atoms with Gasteiger partial charge < -0.3 is 4.90 Å². The molecule has 0 saturated heterocycles. The molecule has 1 aromatic heterocycles. The fourth-order valence-corrected chi connectivity index (χ4v) is 1.23. The zero-order chi connectivity index (χ0) is 10.7. The van der Waals surface area contributed by atoms with Gasteiger partial charge in [-0.1, -0.05) is 11.6 Å². The Morgan fingerprint density at radius 3 is 2.71 bits per heavy atom. The highest BCUT2D eigenvalue weighted by molar-refractivity contribution is 7.96. The van der Waals surface area contributed by atoms with Crippen LogP contribution in [0.5, 0.6) is 0 Å². The summed E-state index contributed by atoms with van der Waals surface area (Å²) in [7, 11) is 3.68. The van der Waals surface area contributed by atoms with Crippen molar-refractivity contribution < 1.29 is 4.79 Å². The predicted molar refractivity (Wildman–Crippen MR) is 59.1 cm³/mol. The lowest BCUT2D eigenvalue weighted by molar-refractivity contribution is -0.110. The Bertz CT molecular complexity index is 356. The zero-order valence-corrected chi connectivity index (χ0v) is 9.51. The van der Waals surface area contributed by atoms with Crippen LogP contribution >= 0.6 is 24.2 Å². The fraction of sp³-hybridized carbons (Fsp3) is 0.375. The predicted octanol–water partition coefficient (Wildman–Crippen LogP) is 1.19. The van der Waals surface area contributed by atoms with Crippen molar-refractivity contribution in [3.05, 3.63) is 17.0 Å². The molecule has 0 fully saturated rings. The van der Waals surface area contributed by atoms with Crippen LogP contribution in [0.1, 0.15) is 5.82 Å². The molecule has 0 saturated carbocycles. The Morgan fingerprint density at radius 1 is 1.57 bits per heavy atom. The molecule has 1 aromatic rings. The normalized spacial score (nSPS) is 10.0. The van der Waals surface area contributed by atoms with Gasteiger partial charge in [0.15, 0.2) is 5.12 Å². The van der Waals surface area contributed by atoms with Gasteiger partial charge in [0, 0.05) is 20.2 Å². The molecule has 4 nitrogen and oxygen atoms in total. The van der Waals surface area contributed by atoms with Gasteiger partial charge in [0.1, 0.15) is 16.8 Å². The summed E-state index contributed by atoms with van der Waals surface area (Å²) in [6.45, 7) is 0. The van der Waals surface area contributed by atoms with Gasteiger partial charge in [-0.25, -0.2) is 9.97 Å². The van der Waals surface area contributed by atoms with Crippen molar-refractivity contribution in [3.8, 4) is 0 Å². The van der Waals surface area contributed by atoms with E-state index < -0.39 is 0 Å². The zero-order valence-electron chi connectivity index (χ0n) is 7.86. The van der Waals surface area contributed by atoms with Crippen molar-refractivity contribution in [2.24, 2.45) is 0 Å². The van der Waals surface area contributed by atoms with Crippen LogP contribution in [0.2, 0.25) is 5.15 Å². The van der Waals surface area contributed by atoms with Crippen molar-refractivity contribution in [2.45, 2.75) is 6.42 Å². The SMILES string of the molecule is CN(C)c1cc(Cl)nc(CC(=O)S)n1. The number of aromatic nitrogens is 2. The molecule has 0 unspecified atom stereocenters. The lowest BCUT2D eigenvalue weighted by Crippen LogP contribution is -2.13. The highest BCUT2D eigenvalue weighted by atomic mass is 35.5. The Labute approximate surface area is 92.7 Å². The summed E-state index contributed by atoms with van der Waals surface area (Å²) in [6.07, 6.45) is 0.0878. The molecule has 0 radical (unpaired) electrons. The average molecular weight is 232 g/mol. The van der Waals surface area contributed by atoms with E-state index in [0.29, 0.717) is 16.8 Å². The smallest absolute Gasteiger partial charge is 0.193 e. The van der Waals surface area contributed by atoms with E-state index in [-0.39, 0.29) is 11.5 Å². The van der Waals surface area contributed by atoms with Crippen molar-refractivity contribution in [3.63, 3.8) is 0 Å². The lowest BCUT2D eigenvalue weighted by atomic mass is 10.4. The first-order valence-electron chi connectivity index (χ1n) is 3.91. The second kappa shape index (κ2) is 4.61. The number of thiol groups is 1. The highest BCUT2D eigenvalue weighted by Crippen LogP contribution is 2.14. The Morgan fingerprint density at radius 2 is 2.21 bits per heavy atom. The first-order valence-corrected chi connectivity index (χ1v) is 4.74. The van der Waals surface area contributed by atoms with E-state index in [9.17, 15) is 4.79 Å². The van der Waals surface area contributed by atoms with Crippen LogP contribution in [-0.4, -0.2) is 29.2 Å². The molecule has 76 valence electrons. The maximum Gasteiger partial charge on any atom is 0.193 e. The van der Waals surface area contributed by atoms with Gasteiger partial charge in [0.2, 0.25) is 0 Å². The molecule has 14 heavy (non-hydrogen) atoms. The third-order valence-electron chi connectivity index (χ3n) is 1.50. The summed E-state index contributed by atoms with van der Waals surface area (Å²) in [5.41, 5.74) is 0. The van der Waals surface area contributed by atoms with Crippen LogP contribution in [0.25, 0.3) is 0 Å². The summed E-state index contributed by atoms with van der Waals surface area (Å²) in [5, 5.41) is 0.0465. The van der Waals surface area contributed by atoms with E-state index in [2.05, 4.69) is 22.6 Å². The molecule has 0 atom stereocenters. The van der Waals surface area contributed by atoms with Crippen molar-refractivity contribution in [1.29, 1.82) is 0 Å². The van der Waals surface area contributed by atoms with E-state index in [0.717, 1.165) is 0 Å². The number of rotatable bonds is 3. The van der Waals surface area contributed by atoms with Crippen molar-refractivity contribution >= 4 is 35.2 Å². The second-order valence-corrected chi connectivity index (χ2v) is 3.82. The van der Waals surface area contributed by atoms with E-state index in [1.165, 1.54) is 0 Å². The molecule has 1 heterocycles. The van der Waals surface area contributed by atoms with Crippen molar-refractivity contribution in [1.82, 2.24) is 9.97 Å². The van der Waals surface area contributed by atoms with Gasteiger partial charge in [-0.15, -0.1) is 12.6 Å². The molecule has 0 bridgehead atoms. The Balaban J connectivity index is 3.01. The quantitative estimate of drug-likeness (QED) is 0.627. The number of halogens is 1. The summed E-state index contributed by atoms with van der Waals surface area (Å²) >= 11 is 9.42. The standard InChI is InChI=1S/C8H10ClN3OS/c1-12(2)7-3-5(9)10-6(11-7)4-8(13)14/h3H,4H2,1-2H3,(H,13,14).